The Hall–Kier alpha value is -7.58. The van der Waals surface area contributed by atoms with Crippen molar-refractivity contribution < 1.29 is 38.7 Å². The number of para-hydroxylation sites is 3. The Bertz CT molecular complexity index is 2690. The number of phenols is 2. The van der Waals surface area contributed by atoms with Gasteiger partial charge in [-0.3, -0.25) is 29.3 Å². The number of nitrogens with zero attached hydrogens (tertiary/aromatic N) is 6. The number of furan rings is 1. The third-order valence-corrected chi connectivity index (χ3v) is 11.4. The first-order valence-electron chi connectivity index (χ1n) is 21.5. The minimum atomic E-state index is -0.642. The Balaban J connectivity index is 0.000000528. The van der Waals surface area contributed by atoms with Gasteiger partial charge in [-0.05, 0) is 73.2 Å². The summed E-state index contributed by atoms with van der Waals surface area (Å²) in [7, 11) is 3.97. The number of thioether (sulfide) groups is 1. The number of rotatable bonds is 24. The monoisotopic (exact) mass is 963 g/mol. The van der Waals surface area contributed by atoms with E-state index in [0.29, 0.717) is 84.8 Å². The number of nitro groups is 1. The summed E-state index contributed by atoms with van der Waals surface area (Å²) in [5.41, 5.74) is 2.71. The van der Waals surface area contributed by atoms with E-state index in [-0.39, 0.29) is 54.2 Å². The molecule has 5 N–H and O–H groups in total. The molecule has 6 aromatic rings. The second kappa shape index (κ2) is 27.2. The van der Waals surface area contributed by atoms with Crippen LogP contribution in [-0.2, 0) is 31.4 Å². The van der Waals surface area contributed by atoms with Gasteiger partial charge in [-0.2, -0.15) is 0 Å². The molecule has 0 aliphatic rings. The molecule has 0 aliphatic heterocycles. The van der Waals surface area contributed by atoms with Gasteiger partial charge >= 0.3 is 5.88 Å². The fraction of sp³-hybridized carbons (Fsp3) is 0.271. The Morgan fingerprint density at radius 1 is 0.853 bits per heavy atom. The molecule has 3 aromatic heterocycles. The lowest BCUT2D eigenvalue weighted by molar-refractivity contribution is -0.402. The van der Waals surface area contributed by atoms with Crippen LogP contribution >= 0.6 is 23.1 Å². The van der Waals surface area contributed by atoms with E-state index in [4.69, 9.17) is 4.42 Å². The molecule has 3 heterocycles. The summed E-state index contributed by atoms with van der Waals surface area (Å²) >= 11 is 3.01. The van der Waals surface area contributed by atoms with E-state index in [9.17, 15) is 39.5 Å². The molecule has 6 rings (SSSR count). The van der Waals surface area contributed by atoms with Crippen LogP contribution in [0.25, 0.3) is 33.6 Å². The molecule has 0 aliphatic carbocycles. The molecule has 0 fully saturated rings. The molecular weight excluding hydrogens is 911 g/mol. The lowest BCUT2D eigenvalue weighted by atomic mass is 10.2. The van der Waals surface area contributed by atoms with Crippen molar-refractivity contribution >= 4 is 82.0 Å². The molecule has 20 heteroatoms. The second-order valence-electron chi connectivity index (χ2n) is 15.2. The molecule has 0 radical (unpaired) electrons. The molecule has 356 valence electrons. The van der Waals surface area contributed by atoms with E-state index in [1.807, 2.05) is 48.8 Å². The van der Waals surface area contributed by atoms with Crippen LogP contribution in [0, 0.1) is 10.1 Å². The molecule has 0 saturated heterocycles. The van der Waals surface area contributed by atoms with Crippen LogP contribution in [0.5, 0.6) is 11.5 Å². The van der Waals surface area contributed by atoms with Gasteiger partial charge in [0.05, 0.1) is 29.3 Å². The van der Waals surface area contributed by atoms with Crippen LogP contribution < -0.4 is 16.0 Å². The Morgan fingerprint density at radius 2 is 1.60 bits per heavy atom. The second-order valence-corrected chi connectivity index (χ2v) is 16.9. The molecule has 4 amide bonds. The quantitative estimate of drug-likeness (QED) is 0.0170. The molecule has 0 saturated carbocycles. The van der Waals surface area contributed by atoms with Gasteiger partial charge in [-0.15, -0.1) is 23.1 Å². The van der Waals surface area contributed by atoms with Crippen LogP contribution in [-0.4, -0.2) is 104 Å². The topological polar surface area (TPSA) is 246 Å². The molecular formula is C48H53N9O9S2. The lowest BCUT2D eigenvalue weighted by Crippen LogP contribution is -2.36. The SMILES string of the molecule is CN(C)/C=C\SCc1ccccc1O.O=CNCCCCN(CCCNC(=O)Cc1csc(-c2ccccc2O)n1)C(=O)CCC(=O)Nc1nc(/C=C/c2ccc([N+](=O)[O-])o2)nc2ccccc12. The summed E-state index contributed by atoms with van der Waals surface area (Å²) in [6, 6.07) is 24.0. The lowest BCUT2D eigenvalue weighted by Gasteiger charge is -2.23. The highest BCUT2D eigenvalue weighted by Crippen LogP contribution is 2.31. The van der Waals surface area contributed by atoms with Crippen molar-refractivity contribution in [3.63, 3.8) is 0 Å². The number of thiazole rings is 1. The molecule has 18 nitrogen and oxygen atoms in total. The zero-order valence-corrected chi connectivity index (χ0v) is 39.2. The van der Waals surface area contributed by atoms with Gasteiger partial charge in [-0.25, -0.2) is 15.0 Å². The number of phenolic OH excluding ortho intramolecular Hbond substituents is 2. The zero-order chi connectivity index (χ0) is 48.7. The van der Waals surface area contributed by atoms with Crippen molar-refractivity contribution in [2.24, 2.45) is 0 Å². The minimum absolute atomic E-state index is 0.0685. The van der Waals surface area contributed by atoms with Crippen molar-refractivity contribution in [1.82, 2.24) is 35.4 Å². The van der Waals surface area contributed by atoms with Gasteiger partial charge in [0, 0.05) is 81.4 Å². The molecule has 0 atom stereocenters. The van der Waals surface area contributed by atoms with E-state index in [1.165, 1.54) is 35.6 Å². The summed E-state index contributed by atoms with van der Waals surface area (Å²) in [5.74, 6) is 0.698. The predicted molar refractivity (Wildman–Crippen MR) is 264 cm³/mol. The first kappa shape index (κ1) is 51.4. The maximum Gasteiger partial charge on any atom is 0.433 e. The predicted octanol–water partition coefficient (Wildman–Crippen LogP) is 7.61. The van der Waals surface area contributed by atoms with Crippen LogP contribution in [0.2, 0.25) is 0 Å². The molecule has 3 aromatic carbocycles. The number of carbonyl (C=O) groups is 4. The minimum Gasteiger partial charge on any atom is -0.508 e. The van der Waals surface area contributed by atoms with Gasteiger partial charge in [0.1, 0.15) is 33.0 Å². The number of hydrogen-bond acceptors (Lipinski definition) is 15. The van der Waals surface area contributed by atoms with E-state index in [0.717, 1.165) is 11.3 Å². The van der Waals surface area contributed by atoms with Gasteiger partial charge < -0.3 is 40.4 Å². The van der Waals surface area contributed by atoms with Crippen molar-refractivity contribution in [1.29, 1.82) is 0 Å². The van der Waals surface area contributed by atoms with Crippen molar-refractivity contribution in [3.05, 3.63) is 135 Å². The number of fused-ring (bicyclic) bond motifs is 1. The number of aromatic hydroxyl groups is 2. The summed E-state index contributed by atoms with van der Waals surface area (Å²) in [6.07, 6.45) is 7.24. The maximum atomic E-state index is 13.3. The Labute approximate surface area is 401 Å². The summed E-state index contributed by atoms with van der Waals surface area (Å²) in [6.45, 7) is 1.55. The third-order valence-electron chi connectivity index (χ3n) is 9.71. The Kier molecular flexibility index (Phi) is 20.5. The van der Waals surface area contributed by atoms with Crippen LogP contribution in [0.15, 0.2) is 106 Å². The fourth-order valence-electron chi connectivity index (χ4n) is 6.30. The average Bonchev–Trinajstić information content (AvgIpc) is 4.01. The fourth-order valence-corrected chi connectivity index (χ4v) is 8.00. The standard InChI is InChI=1S/C37H38N8O8S.C11H15NOS/c46-24-38-18-5-6-20-44(21-7-19-39-33(49)22-25-23-54-37(40-25)28-9-2-4-11-30(28)47)34(50)16-15-32(48)43-36-27-8-1-3-10-29(27)41-31(42-36)14-12-26-13-17-35(53-26)45(51)52;1-12(2)7-8-14-9-10-5-3-4-6-11(10)13/h1-4,8-14,17,23-24,47H,5-7,15-16,18-22H2,(H,38,46)(H,39,49)(H,41,42,43,48);3-8,13H,9H2,1-2H3/b14-12+;8-7-. The zero-order valence-electron chi connectivity index (χ0n) is 37.6. The number of benzene rings is 3. The summed E-state index contributed by atoms with van der Waals surface area (Å²) in [4.78, 5) is 77.0. The van der Waals surface area contributed by atoms with E-state index in [1.54, 1.807) is 76.6 Å². The first-order valence-corrected chi connectivity index (χ1v) is 23.5. The normalized spacial score (nSPS) is 11.0. The average molecular weight is 964 g/mol. The molecule has 0 spiro atoms. The van der Waals surface area contributed by atoms with E-state index < -0.39 is 16.7 Å². The summed E-state index contributed by atoms with van der Waals surface area (Å²) in [5, 5.41) is 43.8. The highest BCUT2D eigenvalue weighted by atomic mass is 32.2. The van der Waals surface area contributed by atoms with Gasteiger partial charge in [0.15, 0.2) is 5.82 Å². The molecule has 0 unspecified atom stereocenters. The van der Waals surface area contributed by atoms with Crippen LogP contribution in [0.3, 0.4) is 0 Å². The van der Waals surface area contributed by atoms with Crippen LogP contribution in [0.1, 0.15) is 54.9 Å². The van der Waals surface area contributed by atoms with Crippen molar-refractivity contribution in [2.45, 2.75) is 44.3 Å². The van der Waals surface area contributed by atoms with Crippen LogP contribution in [0.4, 0.5) is 11.7 Å². The van der Waals surface area contributed by atoms with Crippen molar-refractivity contribution in [3.8, 4) is 22.1 Å². The number of aromatic nitrogens is 3. The highest BCUT2D eigenvalue weighted by Gasteiger charge is 2.18. The number of carbonyl (C=O) groups excluding carboxylic acids is 4. The summed E-state index contributed by atoms with van der Waals surface area (Å²) < 4.78 is 5.15. The Morgan fingerprint density at radius 3 is 2.35 bits per heavy atom. The smallest absolute Gasteiger partial charge is 0.433 e. The van der Waals surface area contributed by atoms with Gasteiger partial charge in [0.25, 0.3) is 0 Å². The van der Waals surface area contributed by atoms with Gasteiger partial charge in [0.2, 0.25) is 24.1 Å². The number of unbranched alkanes of at least 4 members (excludes halogenated alkanes) is 1. The van der Waals surface area contributed by atoms with E-state index in [2.05, 4.69) is 30.9 Å². The molecule has 0 bridgehead atoms. The highest BCUT2D eigenvalue weighted by molar-refractivity contribution is 8.01. The largest absolute Gasteiger partial charge is 0.508 e. The number of nitrogens with one attached hydrogen (secondary N) is 3. The van der Waals surface area contributed by atoms with E-state index >= 15 is 0 Å². The number of hydrogen-bond donors (Lipinski definition) is 5. The number of amides is 4. The molecule has 68 heavy (non-hydrogen) atoms. The number of anilines is 1. The third kappa shape index (κ3) is 17.0. The van der Waals surface area contributed by atoms with Crippen molar-refractivity contribution in [2.75, 3.05) is 45.6 Å². The maximum absolute atomic E-state index is 13.3. The van der Waals surface area contributed by atoms with Gasteiger partial charge in [-0.1, -0.05) is 42.5 Å². The first-order chi connectivity index (χ1) is 32.9.